The maximum atomic E-state index is 12.6. The Morgan fingerprint density at radius 2 is 2.04 bits per heavy atom. The molecule has 0 radical (unpaired) electrons. The number of carbonyl (C=O) groups is 1. The number of hydrogen-bond donors (Lipinski definition) is 1. The molecular weight excluding hydrogens is 431 g/mol. The van der Waals surface area contributed by atoms with Gasteiger partial charge in [0.25, 0.3) is 5.91 Å². The Labute approximate surface area is 173 Å². The van der Waals surface area contributed by atoms with Gasteiger partial charge < -0.3 is 5.32 Å². The molecule has 0 fully saturated rings. The van der Waals surface area contributed by atoms with Crippen LogP contribution >= 0.6 is 58.3 Å². The summed E-state index contributed by atoms with van der Waals surface area (Å²) < 4.78 is 6.94. The number of carbonyl (C=O) groups excluding carboxylic acids is 1. The Morgan fingerprint density at radius 1 is 1.23 bits per heavy atom. The Kier molecular flexibility index (Phi) is 6.52. The summed E-state index contributed by atoms with van der Waals surface area (Å²) in [7, 11) is 0. The third kappa shape index (κ3) is 4.37. The molecule has 3 aromatic rings. The second-order valence-corrected chi connectivity index (χ2v) is 8.62. The molecule has 1 amide bonds. The van der Waals surface area contributed by atoms with Crippen LogP contribution in [0.5, 0.6) is 0 Å². The van der Waals surface area contributed by atoms with Crippen LogP contribution in [0.1, 0.15) is 15.9 Å². The molecule has 0 aliphatic heterocycles. The van der Waals surface area contributed by atoms with E-state index in [1.165, 1.54) is 35.1 Å². The largest absolute Gasteiger partial charge is 0.305 e. The van der Waals surface area contributed by atoms with Crippen molar-refractivity contribution in [2.24, 2.45) is 0 Å². The van der Waals surface area contributed by atoms with Gasteiger partial charge >= 0.3 is 0 Å². The number of aromatic nitrogens is 3. The van der Waals surface area contributed by atoms with Gasteiger partial charge in [0.2, 0.25) is 0 Å². The number of anilines is 1. The Balaban J connectivity index is 1.73. The molecule has 0 aliphatic rings. The van der Waals surface area contributed by atoms with Crippen molar-refractivity contribution in [3.05, 3.63) is 51.6 Å². The van der Waals surface area contributed by atoms with Crippen LogP contribution in [0.3, 0.4) is 0 Å². The number of rotatable bonds is 6. The number of halogens is 2. The van der Waals surface area contributed by atoms with E-state index in [9.17, 15) is 4.79 Å². The summed E-state index contributed by atoms with van der Waals surface area (Å²) in [6, 6.07) is 7.20. The van der Waals surface area contributed by atoms with Gasteiger partial charge in [0.1, 0.15) is 5.03 Å². The fraction of sp³-hybridized carbons (Fsp3) is 0.188. The van der Waals surface area contributed by atoms with E-state index >= 15 is 0 Å². The normalized spacial score (nSPS) is 10.9. The van der Waals surface area contributed by atoms with E-state index in [0.29, 0.717) is 28.0 Å². The molecule has 2 aromatic heterocycles. The summed E-state index contributed by atoms with van der Waals surface area (Å²) in [6.07, 6.45) is 5.64. The number of nitrogens with zero attached hydrogens (tertiary/aromatic N) is 3. The minimum Gasteiger partial charge on any atom is -0.305 e. The molecule has 0 bridgehead atoms. The van der Waals surface area contributed by atoms with Crippen molar-refractivity contribution in [1.29, 1.82) is 0 Å². The molecule has 1 aromatic carbocycles. The molecule has 136 valence electrons. The minimum atomic E-state index is -0.202. The molecule has 2 heterocycles. The zero-order chi connectivity index (χ0) is 18.7. The first kappa shape index (κ1) is 19.6. The predicted molar refractivity (Wildman–Crippen MR) is 111 cm³/mol. The molecule has 10 heteroatoms. The molecule has 0 spiro atoms. The van der Waals surface area contributed by atoms with Gasteiger partial charge in [0.05, 0.1) is 26.4 Å². The monoisotopic (exact) mass is 444 g/mol. The van der Waals surface area contributed by atoms with Gasteiger partial charge in [-0.2, -0.15) is 9.47 Å². The van der Waals surface area contributed by atoms with Crippen LogP contribution in [0.25, 0.3) is 0 Å². The minimum absolute atomic E-state index is 0.202. The predicted octanol–water partition coefficient (Wildman–Crippen LogP) is 5.39. The molecule has 5 nitrogen and oxygen atoms in total. The van der Waals surface area contributed by atoms with Gasteiger partial charge in [-0.15, -0.1) is 23.5 Å². The first-order valence-electron chi connectivity index (χ1n) is 7.38. The third-order valence-corrected chi connectivity index (χ3v) is 6.93. The summed E-state index contributed by atoms with van der Waals surface area (Å²) in [5, 5.41) is 8.99. The highest BCUT2D eigenvalue weighted by Crippen LogP contribution is 2.33. The van der Waals surface area contributed by atoms with Gasteiger partial charge in [0, 0.05) is 12.3 Å². The maximum Gasteiger partial charge on any atom is 0.261 e. The Morgan fingerprint density at radius 3 is 2.73 bits per heavy atom. The summed E-state index contributed by atoms with van der Waals surface area (Å²) in [5.74, 6) is 0.285. The van der Waals surface area contributed by atoms with Crippen LogP contribution in [-0.4, -0.2) is 32.6 Å². The molecule has 26 heavy (non-hydrogen) atoms. The molecule has 0 unspecified atom stereocenters. The first-order chi connectivity index (χ1) is 12.5. The van der Waals surface area contributed by atoms with E-state index in [1.54, 1.807) is 29.1 Å². The highest BCUT2D eigenvalue weighted by Gasteiger charge is 2.20. The van der Waals surface area contributed by atoms with Gasteiger partial charge in [-0.05, 0) is 41.7 Å². The average molecular weight is 445 g/mol. The first-order valence-corrected chi connectivity index (χ1v) is 11.4. The van der Waals surface area contributed by atoms with E-state index in [0.717, 1.165) is 14.8 Å². The number of nitrogens with one attached hydrogen (secondary N) is 1. The molecule has 0 saturated carbocycles. The smallest absolute Gasteiger partial charge is 0.261 e. The fourth-order valence-corrected chi connectivity index (χ4v) is 4.85. The Bertz CT molecular complexity index is 920. The lowest BCUT2D eigenvalue weighted by molar-refractivity contribution is 0.102. The standard InChI is InChI=1S/C16H14Cl2N4OS3/c1-24-15-13(16(25-2)26-21-15)14(23)19-12-5-6-22(20-12)8-9-3-4-10(17)11(18)7-9/h3-7H,8H2,1-2H3,(H,19,20,23). The highest BCUT2D eigenvalue weighted by atomic mass is 35.5. The van der Waals surface area contributed by atoms with Gasteiger partial charge in [-0.1, -0.05) is 29.3 Å². The van der Waals surface area contributed by atoms with Crippen molar-refractivity contribution in [1.82, 2.24) is 14.2 Å². The van der Waals surface area contributed by atoms with Crippen LogP contribution in [-0.2, 0) is 6.54 Å². The van der Waals surface area contributed by atoms with Crippen molar-refractivity contribution >= 4 is 70.0 Å². The molecule has 0 saturated heterocycles. The lowest BCUT2D eigenvalue weighted by atomic mass is 10.2. The number of benzene rings is 1. The molecule has 1 N–H and O–H groups in total. The summed E-state index contributed by atoms with van der Waals surface area (Å²) in [6.45, 7) is 0.527. The summed E-state index contributed by atoms with van der Waals surface area (Å²) in [5.41, 5.74) is 1.57. The summed E-state index contributed by atoms with van der Waals surface area (Å²) in [4.78, 5) is 12.6. The Hall–Kier alpha value is -1.19. The lowest BCUT2D eigenvalue weighted by Crippen LogP contribution is -2.14. The summed E-state index contributed by atoms with van der Waals surface area (Å²) >= 11 is 16.3. The second kappa shape index (κ2) is 8.67. The molecule has 0 atom stereocenters. The number of amides is 1. The van der Waals surface area contributed by atoms with Crippen LogP contribution in [0, 0.1) is 0 Å². The van der Waals surface area contributed by atoms with Crippen LogP contribution in [0.15, 0.2) is 39.7 Å². The van der Waals surface area contributed by atoms with Gasteiger partial charge in [-0.25, -0.2) is 0 Å². The van der Waals surface area contributed by atoms with Crippen molar-refractivity contribution < 1.29 is 4.79 Å². The van der Waals surface area contributed by atoms with Gasteiger partial charge in [0.15, 0.2) is 5.82 Å². The lowest BCUT2D eigenvalue weighted by Gasteiger charge is -2.05. The van der Waals surface area contributed by atoms with Crippen molar-refractivity contribution in [3.63, 3.8) is 0 Å². The van der Waals surface area contributed by atoms with E-state index in [1.807, 2.05) is 18.6 Å². The van der Waals surface area contributed by atoms with Crippen LogP contribution in [0.2, 0.25) is 10.0 Å². The van der Waals surface area contributed by atoms with Crippen molar-refractivity contribution in [3.8, 4) is 0 Å². The number of thioether (sulfide) groups is 2. The fourth-order valence-electron chi connectivity index (χ4n) is 2.25. The number of hydrogen-bond acceptors (Lipinski definition) is 6. The third-order valence-electron chi connectivity index (χ3n) is 3.45. The van der Waals surface area contributed by atoms with Crippen molar-refractivity contribution in [2.75, 3.05) is 17.8 Å². The molecule has 0 aliphatic carbocycles. The van der Waals surface area contributed by atoms with Crippen molar-refractivity contribution in [2.45, 2.75) is 15.8 Å². The molecular formula is C16H14Cl2N4OS3. The van der Waals surface area contributed by atoms with E-state index < -0.39 is 0 Å². The van der Waals surface area contributed by atoms with Gasteiger partial charge in [-0.3, -0.25) is 9.48 Å². The van der Waals surface area contributed by atoms with E-state index in [4.69, 9.17) is 23.2 Å². The zero-order valence-electron chi connectivity index (χ0n) is 13.8. The van der Waals surface area contributed by atoms with Crippen LogP contribution < -0.4 is 5.32 Å². The average Bonchev–Trinajstić information content (AvgIpc) is 3.24. The maximum absolute atomic E-state index is 12.6. The van der Waals surface area contributed by atoms with E-state index in [-0.39, 0.29) is 5.91 Å². The second-order valence-electron chi connectivity index (χ2n) is 5.16. The quantitative estimate of drug-likeness (QED) is 0.516. The molecule has 3 rings (SSSR count). The zero-order valence-corrected chi connectivity index (χ0v) is 17.8. The van der Waals surface area contributed by atoms with Crippen LogP contribution in [0.4, 0.5) is 5.82 Å². The van der Waals surface area contributed by atoms with E-state index in [2.05, 4.69) is 14.8 Å². The topological polar surface area (TPSA) is 59.8 Å². The highest BCUT2D eigenvalue weighted by molar-refractivity contribution is 8.01. The SMILES string of the molecule is CSc1nsc(SC)c1C(=O)Nc1ccn(Cc2ccc(Cl)c(Cl)c2)n1.